The molecule has 0 aliphatic carbocycles. The fraction of sp³-hybridized carbons (Fsp3) is 0.818. The van der Waals surface area contributed by atoms with Gasteiger partial charge < -0.3 is 9.47 Å². The van der Waals surface area contributed by atoms with E-state index in [1.807, 2.05) is 20.8 Å². The largest absolute Gasteiger partial charge is 0.342 e. The minimum absolute atomic E-state index is 0.247. The Hall–Kier alpha value is -0.520. The van der Waals surface area contributed by atoms with E-state index in [-0.39, 0.29) is 5.60 Å². The smallest absolute Gasteiger partial charge is 0.222 e. The summed E-state index contributed by atoms with van der Waals surface area (Å²) in [5.74, 6) is 2.47. The van der Waals surface area contributed by atoms with Crippen molar-refractivity contribution in [1.82, 2.24) is 0 Å². The van der Waals surface area contributed by atoms with Crippen molar-refractivity contribution < 1.29 is 9.47 Å². The van der Waals surface area contributed by atoms with E-state index in [0.29, 0.717) is 6.61 Å². The quantitative estimate of drug-likeness (QED) is 0.371. The van der Waals surface area contributed by atoms with Gasteiger partial charge in [0.1, 0.15) is 0 Å². The Morgan fingerprint density at radius 1 is 1.38 bits per heavy atom. The molecular formula is C11H20O2. The summed E-state index contributed by atoms with van der Waals surface area (Å²) >= 11 is 0. The second-order valence-corrected chi connectivity index (χ2v) is 3.95. The lowest BCUT2D eigenvalue weighted by molar-refractivity contribution is -0.163. The van der Waals surface area contributed by atoms with E-state index < -0.39 is 6.29 Å². The third-order valence-electron chi connectivity index (χ3n) is 1.36. The molecule has 2 nitrogen and oxygen atoms in total. The number of ether oxygens (including phenoxy) is 2. The molecule has 0 spiro atoms. The first-order valence-corrected chi connectivity index (χ1v) is 4.75. The first kappa shape index (κ1) is 12.5. The highest BCUT2D eigenvalue weighted by Gasteiger charge is 2.16. The van der Waals surface area contributed by atoms with Gasteiger partial charge in [-0.3, -0.25) is 0 Å². The molecule has 0 aromatic carbocycles. The number of unbranched alkanes of at least 4 members (excludes halogenated alkanes) is 1. The average Bonchev–Trinajstić information content (AvgIpc) is 2.01. The van der Waals surface area contributed by atoms with E-state index in [4.69, 9.17) is 15.9 Å². The lowest BCUT2D eigenvalue weighted by Gasteiger charge is -2.24. The minimum atomic E-state index is -0.508. The minimum Gasteiger partial charge on any atom is -0.342 e. The van der Waals surface area contributed by atoms with Crippen molar-refractivity contribution >= 4 is 0 Å². The number of rotatable bonds is 5. The van der Waals surface area contributed by atoms with Crippen molar-refractivity contribution in [1.29, 1.82) is 0 Å². The van der Waals surface area contributed by atoms with Crippen LogP contribution in [0.5, 0.6) is 0 Å². The molecule has 0 aromatic heterocycles. The van der Waals surface area contributed by atoms with Crippen LogP contribution in [-0.4, -0.2) is 18.5 Å². The van der Waals surface area contributed by atoms with E-state index in [2.05, 4.69) is 12.8 Å². The summed E-state index contributed by atoms with van der Waals surface area (Å²) in [5, 5.41) is 0. The van der Waals surface area contributed by atoms with Gasteiger partial charge in [0.05, 0.1) is 12.2 Å². The Balaban J connectivity index is 3.72. The van der Waals surface area contributed by atoms with Gasteiger partial charge in [-0.2, -0.15) is 0 Å². The molecule has 13 heavy (non-hydrogen) atoms. The lowest BCUT2D eigenvalue weighted by Crippen LogP contribution is -2.28. The molecule has 2 heteroatoms. The Kier molecular flexibility index (Phi) is 5.77. The summed E-state index contributed by atoms with van der Waals surface area (Å²) < 4.78 is 10.8. The Labute approximate surface area is 81.6 Å². The molecule has 1 unspecified atom stereocenters. The molecular weight excluding hydrogens is 164 g/mol. The molecule has 0 bridgehead atoms. The number of terminal acetylenes is 1. The zero-order chi connectivity index (χ0) is 10.3. The van der Waals surface area contributed by atoms with Crippen LogP contribution in [0.3, 0.4) is 0 Å². The second-order valence-electron chi connectivity index (χ2n) is 3.95. The highest BCUT2D eigenvalue weighted by atomic mass is 16.7. The first-order valence-electron chi connectivity index (χ1n) is 4.75. The van der Waals surface area contributed by atoms with Crippen LogP contribution in [0.25, 0.3) is 0 Å². The van der Waals surface area contributed by atoms with Crippen LogP contribution < -0.4 is 0 Å². The normalized spacial score (nSPS) is 13.8. The van der Waals surface area contributed by atoms with E-state index in [9.17, 15) is 0 Å². The molecule has 0 aromatic rings. The topological polar surface area (TPSA) is 18.5 Å². The average molecular weight is 184 g/mol. The maximum Gasteiger partial charge on any atom is 0.222 e. The van der Waals surface area contributed by atoms with Gasteiger partial charge >= 0.3 is 0 Å². The van der Waals surface area contributed by atoms with Gasteiger partial charge in [-0.05, 0) is 33.1 Å². The summed E-state index contributed by atoms with van der Waals surface area (Å²) in [6.45, 7) is 8.65. The van der Waals surface area contributed by atoms with Crippen molar-refractivity contribution in [2.45, 2.75) is 52.4 Å². The third-order valence-corrected chi connectivity index (χ3v) is 1.36. The molecule has 0 N–H and O–H groups in total. The molecule has 0 radical (unpaired) electrons. The molecule has 1 atom stereocenters. The zero-order valence-electron chi connectivity index (χ0n) is 9.09. The Bertz CT molecular complexity index is 162. The van der Waals surface area contributed by atoms with Crippen LogP contribution in [0.1, 0.15) is 40.5 Å². The van der Waals surface area contributed by atoms with Crippen LogP contribution in [0, 0.1) is 12.3 Å². The van der Waals surface area contributed by atoms with Gasteiger partial charge in [0.2, 0.25) is 6.29 Å². The standard InChI is InChI=1S/C11H20O2/c1-6-8-9-12-10(7-2)13-11(3,4)5/h2,10H,6,8-9H2,1,3-5H3. The first-order chi connectivity index (χ1) is 5.99. The van der Waals surface area contributed by atoms with Crippen LogP contribution >= 0.6 is 0 Å². The number of hydrogen-bond donors (Lipinski definition) is 0. The van der Waals surface area contributed by atoms with Crippen LogP contribution in [0.2, 0.25) is 0 Å². The Morgan fingerprint density at radius 3 is 2.38 bits per heavy atom. The van der Waals surface area contributed by atoms with Crippen LogP contribution in [0.4, 0.5) is 0 Å². The zero-order valence-corrected chi connectivity index (χ0v) is 9.09. The fourth-order valence-electron chi connectivity index (χ4n) is 0.772. The molecule has 0 aliphatic heterocycles. The lowest BCUT2D eigenvalue weighted by atomic mass is 10.2. The van der Waals surface area contributed by atoms with Crippen molar-refractivity contribution in [3.8, 4) is 12.3 Å². The van der Waals surface area contributed by atoms with Gasteiger partial charge in [0.25, 0.3) is 0 Å². The van der Waals surface area contributed by atoms with E-state index >= 15 is 0 Å². The van der Waals surface area contributed by atoms with E-state index in [0.717, 1.165) is 12.8 Å². The van der Waals surface area contributed by atoms with E-state index in [1.165, 1.54) is 0 Å². The van der Waals surface area contributed by atoms with Gasteiger partial charge in [0.15, 0.2) is 0 Å². The molecule has 0 rings (SSSR count). The van der Waals surface area contributed by atoms with Crippen molar-refractivity contribution in [2.24, 2.45) is 0 Å². The maximum atomic E-state index is 5.48. The van der Waals surface area contributed by atoms with Gasteiger partial charge in [0, 0.05) is 0 Å². The summed E-state index contributed by atoms with van der Waals surface area (Å²) in [6, 6.07) is 0. The van der Waals surface area contributed by atoms with Gasteiger partial charge in [-0.15, -0.1) is 6.42 Å². The molecule has 0 aliphatic rings. The maximum absolute atomic E-state index is 5.48. The van der Waals surface area contributed by atoms with E-state index in [1.54, 1.807) is 0 Å². The summed E-state index contributed by atoms with van der Waals surface area (Å²) in [4.78, 5) is 0. The highest BCUT2D eigenvalue weighted by molar-refractivity contribution is 4.90. The van der Waals surface area contributed by atoms with Crippen molar-refractivity contribution in [2.75, 3.05) is 6.61 Å². The monoisotopic (exact) mass is 184 g/mol. The Morgan fingerprint density at radius 2 is 2.00 bits per heavy atom. The summed E-state index contributed by atoms with van der Waals surface area (Å²) in [7, 11) is 0. The molecule has 0 heterocycles. The van der Waals surface area contributed by atoms with Gasteiger partial charge in [-0.25, -0.2) is 0 Å². The molecule has 0 fully saturated rings. The third kappa shape index (κ3) is 7.83. The molecule has 0 amide bonds. The fourth-order valence-corrected chi connectivity index (χ4v) is 0.772. The van der Waals surface area contributed by atoms with Crippen LogP contribution in [-0.2, 0) is 9.47 Å². The van der Waals surface area contributed by atoms with Crippen LogP contribution in [0.15, 0.2) is 0 Å². The predicted molar refractivity (Wildman–Crippen MR) is 54.3 cm³/mol. The number of hydrogen-bond acceptors (Lipinski definition) is 2. The molecule has 76 valence electrons. The molecule has 0 saturated heterocycles. The van der Waals surface area contributed by atoms with Crippen molar-refractivity contribution in [3.05, 3.63) is 0 Å². The van der Waals surface area contributed by atoms with Crippen molar-refractivity contribution in [3.63, 3.8) is 0 Å². The highest BCUT2D eigenvalue weighted by Crippen LogP contribution is 2.11. The SMILES string of the molecule is C#CC(OCCCC)OC(C)(C)C. The molecule has 0 saturated carbocycles. The summed E-state index contributed by atoms with van der Waals surface area (Å²) in [5.41, 5.74) is -0.247. The predicted octanol–water partition coefficient (Wildman–Crippen LogP) is 2.58. The summed E-state index contributed by atoms with van der Waals surface area (Å²) in [6.07, 6.45) is 6.88. The van der Waals surface area contributed by atoms with Gasteiger partial charge in [-0.1, -0.05) is 13.3 Å². The second kappa shape index (κ2) is 6.01.